The van der Waals surface area contributed by atoms with Crippen molar-refractivity contribution in [2.45, 2.75) is 6.42 Å². The molecule has 6 aromatic rings. The van der Waals surface area contributed by atoms with E-state index in [0.717, 1.165) is 22.3 Å². The molecule has 0 aliphatic heterocycles. The fraction of sp³-hybridized carbons (Fsp3) is 0.0303. The van der Waals surface area contributed by atoms with Gasteiger partial charge in [0.25, 0.3) is 0 Å². The van der Waals surface area contributed by atoms with Crippen LogP contribution in [0.1, 0.15) is 31.8 Å². The molecular weight excluding hydrogens is 488 g/mol. The van der Waals surface area contributed by atoms with E-state index >= 15 is 0 Å². The minimum atomic E-state index is -1.02. The van der Waals surface area contributed by atoms with E-state index in [1.165, 1.54) is 0 Å². The number of carbonyl (C=O) groups is 2. The highest BCUT2D eigenvalue weighted by Gasteiger charge is 2.16. The maximum absolute atomic E-state index is 12.2. The van der Waals surface area contributed by atoms with Crippen LogP contribution in [0, 0.1) is 0 Å². The van der Waals surface area contributed by atoms with Gasteiger partial charge in [0, 0.05) is 21.9 Å². The van der Waals surface area contributed by atoms with E-state index in [0.29, 0.717) is 39.6 Å². The third-order valence-electron chi connectivity index (χ3n) is 6.75. The highest BCUT2D eigenvalue weighted by Crippen LogP contribution is 2.29. The van der Waals surface area contributed by atoms with Crippen LogP contribution in [0.25, 0.3) is 44.3 Å². The Balaban J connectivity index is 1.39. The van der Waals surface area contributed by atoms with Gasteiger partial charge < -0.3 is 10.2 Å². The number of pyridine rings is 2. The number of aromatic carboxylic acids is 2. The summed E-state index contributed by atoms with van der Waals surface area (Å²) in [6.07, 6.45) is 0.491. The van der Waals surface area contributed by atoms with E-state index in [1.807, 2.05) is 97.1 Å². The lowest BCUT2D eigenvalue weighted by molar-refractivity contribution is 0.0688. The Morgan fingerprint density at radius 1 is 0.538 bits per heavy atom. The Kier molecular flexibility index (Phi) is 6.05. The highest BCUT2D eigenvalue weighted by atomic mass is 16.4. The van der Waals surface area contributed by atoms with Crippen LogP contribution in [0.15, 0.2) is 109 Å². The van der Waals surface area contributed by atoms with Crippen LogP contribution in [0.3, 0.4) is 0 Å². The molecule has 0 aliphatic carbocycles. The first-order valence-electron chi connectivity index (χ1n) is 12.4. The summed E-state index contributed by atoms with van der Waals surface area (Å²) in [5.41, 5.74) is 6.26. The number of aromatic nitrogens is 2. The monoisotopic (exact) mass is 510 g/mol. The lowest BCUT2D eigenvalue weighted by Gasteiger charge is -2.11. The minimum absolute atomic E-state index is 0.185. The van der Waals surface area contributed by atoms with Gasteiger partial charge in [0.1, 0.15) is 0 Å². The summed E-state index contributed by atoms with van der Waals surface area (Å²) in [6.45, 7) is 0. The lowest BCUT2D eigenvalue weighted by Crippen LogP contribution is -2.02. The summed E-state index contributed by atoms with van der Waals surface area (Å²) >= 11 is 0. The predicted molar refractivity (Wildman–Crippen MR) is 151 cm³/mol. The molecule has 0 saturated heterocycles. The number of carboxylic acid groups (broad SMARTS) is 2. The van der Waals surface area contributed by atoms with Gasteiger partial charge in [0.2, 0.25) is 0 Å². The summed E-state index contributed by atoms with van der Waals surface area (Å²) in [5, 5.41) is 21.0. The summed E-state index contributed by atoms with van der Waals surface area (Å²) in [7, 11) is 0. The summed E-state index contributed by atoms with van der Waals surface area (Å²) in [5.74, 6) is -2.04. The molecule has 0 saturated carbocycles. The normalized spacial score (nSPS) is 11.1. The molecule has 2 aromatic heterocycles. The number of rotatable bonds is 6. The molecule has 0 radical (unpaired) electrons. The predicted octanol–water partition coefficient (Wildman–Crippen LogP) is 7.10. The standard InChI is InChI=1S/C33H22N2O4/c36-32(37)26-18-30(22-7-3-1-4-8-22)34-28-13-11-20(16-24(26)28)15-21-12-14-29-25(17-21)27(33(38)39)19-31(35-29)23-9-5-2-6-10-23/h1-14,16-19H,15H2,(H,36,37)(H,38,39). The van der Waals surface area contributed by atoms with E-state index in [2.05, 4.69) is 0 Å². The van der Waals surface area contributed by atoms with Crippen LogP contribution in [0.4, 0.5) is 0 Å². The fourth-order valence-corrected chi connectivity index (χ4v) is 4.87. The SMILES string of the molecule is O=C(O)c1cc(-c2ccccc2)nc2ccc(Cc3ccc4nc(-c5ccccc5)cc(C(=O)O)c4c3)cc12. The molecule has 6 rings (SSSR count). The third-order valence-corrected chi connectivity index (χ3v) is 6.75. The van der Waals surface area contributed by atoms with E-state index in [-0.39, 0.29) is 11.1 Å². The Bertz CT molecular complexity index is 1750. The Morgan fingerprint density at radius 2 is 0.949 bits per heavy atom. The molecule has 6 nitrogen and oxygen atoms in total. The largest absolute Gasteiger partial charge is 0.478 e. The first-order valence-corrected chi connectivity index (χ1v) is 12.4. The topological polar surface area (TPSA) is 100 Å². The van der Waals surface area contributed by atoms with Crippen LogP contribution >= 0.6 is 0 Å². The van der Waals surface area contributed by atoms with Gasteiger partial charge in [-0.25, -0.2) is 19.6 Å². The Hall–Kier alpha value is -5.36. The number of carboxylic acids is 2. The van der Waals surface area contributed by atoms with Crippen molar-refractivity contribution >= 4 is 33.7 Å². The average Bonchev–Trinajstić information content (AvgIpc) is 2.96. The second-order valence-electron chi connectivity index (χ2n) is 9.33. The van der Waals surface area contributed by atoms with Crippen molar-refractivity contribution in [3.63, 3.8) is 0 Å². The van der Waals surface area contributed by atoms with Crippen molar-refractivity contribution in [1.82, 2.24) is 9.97 Å². The first-order chi connectivity index (χ1) is 19.0. The lowest BCUT2D eigenvalue weighted by atomic mass is 9.97. The van der Waals surface area contributed by atoms with Crippen LogP contribution in [-0.4, -0.2) is 32.1 Å². The van der Waals surface area contributed by atoms with Crippen LogP contribution in [0.2, 0.25) is 0 Å². The number of nitrogens with zero attached hydrogens (tertiary/aromatic N) is 2. The van der Waals surface area contributed by atoms with Crippen molar-refractivity contribution in [2.24, 2.45) is 0 Å². The molecule has 0 fully saturated rings. The van der Waals surface area contributed by atoms with Gasteiger partial charge in [0.15, 0.2) is 0 Å². The van der Waals surface area contributed by atoms with E-state index in [9.17, 15) is 19.8 Å². The molecule has 0 atom stereocenters. The molecule has 2 heterocycles. The fourth-order valence-electron chi connectivity index (χ4n) is 4.87. The molecule has 0 aliphatic rings. The molecule has 0 unspecified atom stereocenters. The average molecular weight is 511 g/mol. The van der Waals surface area contributed by atoms with Crippen molar-refractivity contribution in [3.8, 4) is 22.5 Å². The number of fused-ring (bicyclic) bond motifs is 2. The number of hydrogen-bond acceptors (Lipinski definition) is 4. The smallest absolute Gasteiger partial charge is 0.336 e. The van der Waals surface area contributed by atoms with Gasteiger partial charge in [-0.05, 0) is 53.9 Å². The second kappa shape index (κ2) is 9.84. The van der Waals surface area contributed by atoms with Crippen LogP contribution in [0.5, 0.6) is 0 Å². The van der Waals surface area contributed by atoms with Gasteiger partial charge in [0.05, 0.1) is 33.5 Å². The maximum Gasteiger partial charge on any atom is 0.336 e. The molecule has 4 aromatic carbocycles. The Morgan fingerprint density at radius 3 is 1.33 bits per heavy atom. The molecule has 6 heteroatoms. The van der Waals surface area contributed by atoms with Crippen molar-refractivity contribution in [1.29, 1.82) is 0 Å². The summed E-state index contributed by atoms with van der Waals surface area (Å²) < 4.78 is 0. The van der Waals surface area contributed by atoms with E-state index in [1.54, 1.807) is 12.1 Å². The molecule has 0 bridgehead atoms. The molecule has 0 amide bonds. The highest BCUT2D eigenvalue weighted by molar-refractivity contribution is 6.05. The van der Waals surface area contributed by atoms with Gasteiger partial charge in [-0.15, -0.1) is 0 Å². The summed E-state index contributed by atoms with van der Waals surface area (Å²) in [4.78, 5) is 33.7. The molecule has 0 spiro atoms. The van der Waals surface area contributed by atoms with Crippen molar-refractivity contribution < 1.29 is 19.8 Å². The quantitative estimate of drug-likeness (QED) is 0.248. The summed E-state index contributed by atoms with van der Waals surface area (Å²) in [6, 6.07) is 33.4. The van der Waals surface area contributed by atoms with Crippen molar-refractivity contribution in [3.05, 3.63) is 131 Å². The molecular formula is C33H22N2O4. The molecule has 39 heavy (non-hydrogen) atoms. The van der Waals surface area contributed by atoms with E-state index < -0.39 is 11.9 Å². The van der Waals surface area contributed by atoms with Crippen LogP contribution in [-0.2, 0) is 6.42 Å². The number of benzene rings is 4. The van der Waals surface area contributed by atoms with Gasteiger partial charge >= 0.3 is 11.9 Å². The van der Waals surface area contributed by atoms with E-state index in [4.69, 9.17) is 9.97 Å². The van der Waals surface area contributed by atoms with Gasteiger partial charge in [-0.3, -0.25) is 0 Å². The molecule has 188 valence electrons. The van der Waals surface area contributed by atoms with Gasteiger partial charge in [-0.1, -0.05) is 72.8 Å². The minimum Gasteiger partial charge on any atom is -0.478 e. The van der Waals surface area contributed by atoms with Crippen molar-refractivity contribution in [2.75, 3.05) is 0 Å². The number of hydrogen-bond donors (Lipinski definition) is 2. The third kappa shape index (κ3) is 4.71. The zero-order valence-corrected chi connectivity index (χ0v) is 20.7. The zero-order chi connectivity index (χ0) is 26.9. The molecule has 2 N–H and O–H groups in total. The Labute approximate surface area is 223 Å². The van der Waals surface area contributed by atoms with Gasteiger partial charge in [-0.2, -0.15) is 0 Å². The zero-order valence-electron chi connectivity index (χ0n) is 20.7. The van der Waals surface area contributed by atoms with Crippen LogP contribution < -0.4 is 0 Å². The second-order valence-corrected chi connectivity index (χ2v) is 9.33. The maximum atomic E-state index is 12.2. The first kappa shape index (κ1) is 24.0.